The van der Waals surface area contributed by atoms with E-state index >= 15 is 0 Å². The zero-order valence-electron chi connectivity index (χ0n) is 13.9. The zero-order chi connectivity index (χ0) is 18.7. The van der Waals surface area contributed by atoms with Crippen molar-refractivity contribution >= 4 is 28.3 Å². The van der Waals surface area contributed by atoms with Crippen LogP contribution in [0.5, 0.6) is 0 Å². The summed E-state index contributed by atoms with van der Waals surface area (Å²) in [5.74, 6) is -0.619. The third-order valence-corrected chi connectivity index (χ3v) is 3.92. The maximum absolute atomic E-state index is 13.3. The minimum Gasteiger partial charge on any atom is -0.451 e. The second-order valence-corrected chi connectivity index (χ2v) is 5.68. The molecular formula is C18H16FN3O4. The smallest absolute Gasteiger partial charge is 0.287 e. The first kappa shape index (κ1) is 17.4. The summed E-state index contributed by atoms with van der Waals surface area (Å²) >= 11 is 0. The minimum absolute atomic E-state index is 0.0145. The van der Waals surface area contributed by atoms with Crippen molar-refractivity contribution in [1.29, 1.82) is 0 Å². The number of rotatable bonds is 6. The molecule has 26 heavy (non-hydrogen) atoms. The summed E-state index contributed by atoms with van der Waals surface area (Å²) in [6, 6.07) is 10.1. The molecule has 0 aliphatic heterocycles. The van der Waals surface area contributed by atoms with Crippen molar-refractivity contribution in [2.75, 3.05) is 18.4 Å². The predicted octanol–water partition coefficient (Wildman–Crippen LogP) is 3.63. The van der Waals surface area contributed by atoms with E-state index in [9.17, 15) is 19.3 Å². The van der Waals surface area contributed by atoms with Crippen LogP contribution in [0.1, 0.15) is 16.1 Å². The summed E-state index contributed by atoms with van der Waals surface area (Å²) in [4.78, 5) is 22.4. The van der Waals surface area contributed by atoms with E-state index in [0.29, 0.717) is 35.3 Å². The monoisotopic (exact) mass is 357 g/mol. The maximum atomic E-state index is 13.3. The number of anilines is 1. The molecule has 0 aliphatic rings. The number of nitrogens with zero attached hydrogens (tertiary/aromatic N) is 1. The Morgan fingerprint density at radius 3 is 2.62 bits per heavy atom. The van der Waals surface area contributed by atoms with Gasteiger partial charge in [0.25, 0.3) is 11.6 Å². The highest BCUT2D eigenvalue weighted by atomic mass is 19.1. The van der Waals surface area contributed by atoms with Crippen molar-refractivity contribution in [3.63, 3.8) is 0 Å². The first-order valence-corrected chi connectivity index (χ1v) is 7.91. The summed E-state index contributed by atoms with van der Waals surface area (Å²) in [5, 5.41) is 16.9. The number of amides is 1. The SMILES string of the molecule is Cc1c(C(=O)NCCNc2ccc([N+](=O)[O-])cc2)oc2ccc(F)cc12. The molecule has 0 bridgehead atoms. The molecule has 3 rings (SSSR count). The number of fused-ring (bicyclic) bond motifs is 1. The van der Waals surface area contributed by atoms with Crippen molar-refractivity contribution in [1.82, 2.24) is 5.32 Å². The van der Waals surface area contributed by atoms with Crippen LogP contribution in [0.25, 0.3) is 11.0 Å². The van der Waals surface area contributed by atoms with Crippen molar-refractivity contribution in [3.05, 3.63) is 69.7 Å². The van der Waals surface area contributed by atoms with Crippen molar-refractivity contribution in [3.8, 4) is 0 Å². The zero-order valence-corrected chi connectivity index (χ0v) is 13.9. The van der Waals surface area contributed by atoms with E-state index in [2.05, 4.69) is 10.6 Å². The predicted molar refractivity (Wildman–Crippen MR) is 94.8 cm³/mol. The molecule has 0 radical (unpaired) electrons. The van der Waals surface area contributed by atoms with Crippen LogP contribution >= 0.6 is 0 Å². The van der Waals surface area contributed by atoms with Gasteiger partial charge in [-0.1, -0.05) is 0 Å². The van der Waals surface area contributed by atoms with Crippen molar-refractivity contribution in [2.24, 2.45) is 0 Å². The second-order valence-electron chi connectivity index (χ2n) is 5.68. The summed E-state index contributed by atoms with van der Waals surface area (Å²) in [5.41, 5.74) is 1.76. The van der Waals surface area contributed by atoms with Gasteiger partial charge in [-0.15, -0.1) is 0 Å². The van der Waals surface area contributed by atoms with E-state index in [-0.39, 0.29) is 23.2 Å². The Kier molecular flexibility index (Phi) is 4.83. The van der Waals surface area contributed by atoms with E-state index in [1.165, 1.54) is 30.3 Å². The van der Waals surface area contributed by atoms with Gasteiger partial charge in [-0.25, -0.2) is 4.39 Å². The minimum atomic E-state index is -0.467. The Morgan fingerprint density at radius 2 is 1.92 bits per heavy atom. The quantitative estimate of drug-likeness (QED) is 0.399. The maximum Gasteiger partial charge on any atom is 0.287 e. The van der Waals surface area contributed by atoms with E-state index in [0.717, 1.165) is 0 Å². The number of furan rings is 1. The molecule has 2 aromatic carbocycles. The number of carbonyl (C=O) groups is 1. The number of halogens is 1. The Labute approximate surface area is 148 Å². The van der Waals surface area contributed by atoms with Gasteiger partial charge in [-0.05, 0) is 37.3 Å². The Morgan fingerprint density at radius 1 is 1.19 bits per heavy atom. The van der Waals surface area contributed by atoms with Gasteiger partial charge in [0, 0.05) is 41.9 Å². The molecule has 0 saturated carbocycles. The Hall–Kier alpha value is -3.42. The Bertz CT molecular complexity index is 966. The molecular weight excluding hydrogens is 341 g/mol. The van der Waals surface area contributed by atoms with E-state index < -0.39 is 4.92 Å². The van der Waals surface area contributed by atoms with Crippen LogP contribution in [0.4, 0.5) is 15.8 Å². The van der Waals surface area contributed by atoms with E-state index in [1.54, 1.807) is 19.1 Å². The van der Waals surface area contributed by atoms with Crippen LogP contribution in [-0.4, -0.2) is 23.9 Å². The molecule has 1 amide bonds. The average molecular weight is 357 g/mol. The highest BCUT2D eigenvalue weighted by Gasteiger charge is 2.17. The number of nitro benzene ring substituents is 1. The Balaban J connectivity index is 1.56. The van der Waals surface area contributed by atoms with Gasteiger partial charge in [-0.3, -0.25) is 14.9 Å². The van der Waals surface area contributed by atoms with Gasteiger partial charge in [0.1, 0.15) is 11.4 Å². The van der Waals surface area contributed by atoms with Crippen LogP contribution in [0, 0.1) is 22.9 Å². The van der Waals surface area contributed by atoms with Crippen LogP contribution < -0.4 is 10.6 Å². The van der Waals surface area contributed by atoms with Crippen molar-refractivity contribution in [2.45, 2.75) is 6.92 Å². The first-order chi connectivity index (χ1) is 12.5. The van der Waals surface area contributed by atoms with Gasteiger partial charge >= 0.3 is 0 Å². The highest BCUT2D eigenvalue weighted by Crippen LogP contribution is 2.25. The number of nitrogens with one attached hydrogen (secondary N) is 2. The molecule has 0 unspecified atom stereocenters. The summed E-state index contributed by atoms with van der Waals surface area (Å²) in [6.07, 6.45) is 0. The number of hydrogen-bond acceptors (Lipinski definition) is 5. The van der Waals surface area contributed by atoms with Crippen LogP contribution in [0.3, 0.4) is 0 Å². The number of non-ortho nitro benzene ring substituents is 1. The summed E-state index contributed by atoms with van der Waals surface area (Å²) in [6.45, 7) is 2.45. The molecule has 0 aliphatic carbocycles. The van der Waals surface area contributed by atoms with Crippen LogP contribution in [0.15, 0.2) is 46.9 Å². The van der Waals surface area contributed by atoms with Crippen LogP contribution in [-0.2, 0) is 0 Å². The standard InChI is InChI=1S/C18H16FN3O4/c1-11-15-10-12(19)2-7-16(15)26-17(11)18(23)21-9-8-20-13-3-5-14(6-4-13)22(24)25/h2-7,10,20H,8-9H2,1H3,(H,21,23). The lowest BCUT2D eigenvalue weighted by atomic mass is 10.1. The molecule has 2 N–H and O–H groups in total. The largest absolute Gasteiger partial charge is 0.451 e. The number of aryl methyl sites for hydroxylation is 1. The van der Waals surface area contributed by atoms with Gasteiger partial charge in [0.05, 0.1) is 4.92 Å². The van der Waals surface area contributed by atoms with Gasteiger partial charge < -0.3 is 15.1 Å². The van der Waals surface area contributed by atoms with Crippen molar-refractivity contribution < 1.29 is 18.5 Å². The topological polar surface area (TPSA) is 97.4 Å². The second kappa shape index (κ2) is 7.22. The fourth-order valence-corrected chi connectivity index (χ4v) is 2.57. The number of benzene rings is 2. The molecule has 0 spiro atoms. The molecule has 7 nitrogen and oxygen atoms in total. The fourth-order valence-electron chi connectivity index (χ4n) is 2.57. The van der Waals surface area contributed by atoms with Gasteiger partial charge in [0.2, 0.25) is 0 Å². The molecule has 134 valence electrons. The van der Waals surface area contributed by atoms with Gasteiger partial charge in [0.15, 0.2) is 5.76 Å². The normalized spacial score (nSPS) is 10.7. The lowest BCUT2D eigenvalue weighted by molar-refractivity contribution is -0.384. The fraction of sp³-hybridized carbons (Fsp3) is 0.167. The summed E-state index contributed by atoms with van der Waals surface area (Å²) < 4.78 is 18.8. The molecule has 0 atom stereocenters. The third kappa shape index (κ3) is 3.64. The molecule has 3 aromatic rings. The molecule has 1 aromatic heterocycles. The summed E-state index contributed by atoms with van der Waals surface area (Å²) in [7, 11) is 0. The third-order valence-electron chi connectivity index (χ3n) is 3.92. The molecule has 0 fully saturated rings. The molecule has 0 saturated heterocycles. The number of hydrogen-bond donors (Lipinski definition) is 2. The van der Waals surface area contributed by atoms with Gasteiger partial charge in [-0.2, -0.15) is 0 Å². The number of nitro groups is 1. The van der Waals surface area contributed by atoms with E-state index in [4.69, 9.17) is 4.42 Å². The number of carbonyl (C=O) groups excluding carboxylic acids is 1. The molecule has 8 heteroatoms. The molecule has 1 heterocycles. The lowest BCUT2D eigenvalue weighted by Gasteiger charge is -2.07. The van der Waals surface area contributed by atoms with E-state index in [1.807, 2.05) is 0 Å². The lowest BCUT2D eigenvalue weighted by Crippen LogP contribution is -2.28. The first-order valence-electron chi connectivity index (χ1n) is 7.91. The average Bonchev–Trinajstić information content (AvgIpc) is 2.95. The highest BCUT2D eigenvalue weighted by molar-refractivity contribution is 5.98. The van der Waals surface area contributed by atoms with Crippen LogP contribution in [0.2, 0.25) is 0 Å².